The summed E-state index contributed by atoms with van der Waals surface area (Å²) in [7, 11) is 1.73. The fourth-order valence-corrected chi connectivity index (χ4v) is 4.02. The van der Waals surface area contributed by atoms with Gasteiger partial charge in [0.2, 0.25) is 0 Å². The molecule has 6 nitrogen and oxygen atoms in total. The molecule has 1 saturated heterocycles. The molecule has 2 N–H and O–H groups in total. The van der Waals surface area contributed by atoms with Crippen molar-refractivity contribution in [2.24, 2.45) is 10.9 Å². The molecule has 3 rings (SSSR count). The summed E-state index contributed by atoms with van der Waals surface area (Å²) in [5, 5.41) is 7.87. The molecule has 0 bridgehead atoms. The number of hydrogen-bond donors (Lipinski definition) is 2. The second-order valence-electron chi connectivity index (χ2n) is 6.71. The summed E-state index contributed by atoms with van der Waals surface area (Å²) in [5.74, 6) is 2.39. The highest BCUT2D eigenvalue weighted by Crippen LogP contribution is 2.31. The molecular formula is C20H30IN5OS. The topological polar surface area (TPSA) is 61.8 Å². The molecular weight excluding hydrogens is 485 g/mol. The zero-order chi connectivity index (χ0) is 19.1. The van der Waals surface area contributed by atoms with Gasteiger partial charge >= 0.3 is 0 Å². The van der Waals surface area contributed by atoms with Crippen LogP contribution in [-0.4, -0.2) is 44.2 Å². The number of halogens is 1. The van der Waals surface area contributed by atoms with E-state index in [0.29, 0.717) is 12.5 Å². The molecule has 1 aromatic heterocycles. The number of aliphatic imine (C=N–C) groups is 1. The zero-order valence-corrected chi connectivity index (χ0v) is 19.9. The lowest BCUT2D eigenvalue weighted by Gasteiger charge is -2.21. The molecule has 0 amide bonds. The van der Waals surface area contributed by atoms with Crippen molar-refractivity contribution in [2.75, 3.05) is 38.2 Å². The van der Waals surface area contributed by atoms with Crippen molar-refractivity contribution in [3.63, 3.8) is 0 Å². The molecule has 0 saturated carbocycles. The van der Waals surface area contributed by atoms with Gasteiger partial charge in [-0.05, 0) is 38.3 Å². The largest absolute Gasteiger partial charge is 0.495 e. The van der Waals surface area contributed by atoms with Crippen LogP contribution in [0.15, 0.2) is 35.5 Å². The number of methoxy groups -OCH3 is 1. The number of guanidine groups is 1. The fraction of sp³-hybridized carbons (Fsp3) is 0.500. The highest BCUT2D eigenvalue weighted by molar-refractivity contribution is 14.0. The Bertz CT molecular complexity index is 767. The molecule has 1 fully saturated rings. The van der Waals surface area contributed by atoms with Gasteiger partial charge in [-0.2, -0.15) is 0 Å². The lowest BCUT2D eigenvalue weighted by atomic mass is 10.1. The third-order valence-electron chi connectivity index (χ3n) is 4.66. The predicted molar refractivity (Wildman–Crippen MR) is 128 cm³/mol. The molecule has 1 unspecified atom stereocenters. The third-order valence-corrected chi connectivity index (χ3v) is 5.55. The summed E-state index contributed by atoms with van der Waals surface area (Å²) in [4.78, 5) is 12.7. The van der Waals surface area contributed by atoms with Crippen LogP contribution in [0, 0.1) is 12.8 Å². The summed E-state index contributed by atoms with van der Waals surface area (Å²) in [6.45, 7) is 8.61. The van der Waals surface area contributed by atoms with E-state index in [2.05, 4.69) is 51.5 Å². The minimum atomic E-state index is 0. The van der Waals surface area contributed by atoms with Crippen LogP contribution < -0.4 is 20.3 Å². The monoisotopic (exact) mass is 515 g/mol. The number of para-hydroxylation sites is 2. The average Bonchev–Trinajstić information content (AvgIpc) is 3.33. The number of nitrogens with zero attached hydrogens (tertiary/aromatic N) is 3. The molecule has 8 heteroatoms. The normalized spacial score (nSPS) is 16.6. The van der Waals surface area contributed by atoms with E-state index in [0.717, 1.165) is 49.3 Å². The smallest absolute Gasteiger partial charge is 0.191 e. The number of ether oxygens (including phenoxy) is 1. The Morgan fingerprint density at radius 2 is 2.18 bits per heavy atom. The maximum absolute atomic E-state index is 5.51. The van der Waals surface area contributed by atoms with Crippen LogP contribution in [0.4, 0.5) is 5.69 Å². The van der Waals surface area contributed by atoms with Gasteiger partial charge in [-0.25, -0.2) is 9.98 Å². The van der Waals surface area contributed by atoms with Gasteiger partial charge in [0.05, 0.1) is 19.3 Å². The van der Waals surface area contributed by atoms with Gasteiger partial charge in [0, 0.05) is 37.3 Å². The zero-order valence-electron chi connectivity index (χ0n) is 16.8. The van der Waals surface area contributed by atoms with Gasteiger partial charge < -0.3 is 20.3 Å². The summed E-state index contributed by atoms with van der Waals surface area (Å²) in [6, 6.07) is 8.24. The van der Waals surface area contributed by atoms with Gasteiger partial charge in [0.15, 0.2) is 5.96 Å². The number of anilines is 1. The van der Waals surface area contributed by atoms with Crippen LogP contribution in [0.2, 0.25) is 0 Å². The molecule has 154 valence electrons. The predicted octanol–water partition coefficient (Wildman–Crippen LogP) is 3.66. The maximum atomic E-state index is 5.51. The number of aryl methyl sites for hydroxylation is 1. The van der Waals surface area contributed by atoms with Crippen LogP contribution in [0.3, 0.4) is 0 Å². The van der Waals surface area contributed by atoms with Crippen LogP contribution in [0.25, 0.3) is 0 Å². The van der Waals surface area contributed by atoms with E-state index < -0.39 is 0 Å². The Labute approximate surface area is 188 Å². The highest BCUT2D eigenvalue weighted by atomic mass is 127. The molecule has 2 heterocycles. The van der Waals surface area contributed by atoms with E-state index in [1.807, 2.05) is 18.3 Å². The first-order chi connectivity index (χ1) is 13.2. The number of hydrogen-bond acceptors (Lipinski definition) is 5. The summed E-state index contributed by atoms with van der Waals surface area (Å²) >= 11 is 1.70. The van der Waals surface area contributed by atoms with E-state index in [4.69, 9.17) is 4.74 Å². The van der Waals surface area contributed by atoms with Crippen LogP contribution >= 0.6 is 35.3 Å². The average molecular weight is 515 g/mol. The van der Waals surface area contributed by atoms with Crippen molar-refractivity contribution in [1.29, 1.82) is 0 Å². The number of aromatic nitrogens is 1. The molecule has 1 atom stereocenters. The van der Waals surface area contributed by atoms with E-state index >= 15 is 0 Å². The summed E-state index contributed by atoms with van der Waals surface area (Å²) in [5.41, 5.74) is 1.18. The van der Waals surface area contributed by atoms with E-state index in [1.165, 1.54) is 10.6 Å². The highest BCUT2D eigenvalue weighted by Gasteiger charge is 2.24. The van der Waals surface area contributed by atoms with Crippen LogP contribution in [0.1, 0.15) is 23.2 Å². The van der Waals surface area contributed by atoms with Crippen LogP contribution in [0.5, 0.6) is 5.75 Å². The summed E-state index contributed by atoms with van der Waals surface area (Å²) in [6.07, 6.45) is 3.07. The van der Waals surface area contributed by atoms with Gasteiger partial charge in [-0.3, -0.25) is 0 Å². The second kappa shape index (κ2) is 11.5. The SMILES string of the molecule is CCNC(=NCc1ncc(C)s1)NCC1CCN(c2ccccc2OC)C1.I. The van der Waals surface area contributed by atoms with Crippen molar-refractivity contribution in [2.45, 2.75) is 26.8 Å². The quantitative estimate of drug-likeness (QED) is 0.335. The Morgan fingerprint density at radius 1 is 1.36 bits per heavy atom. The Kier molecular flexibility index (Phi) is 9.30. The van der Waals surface area contributed by atoms with E-state index in [1.54, 1.807) is 18.4 Å². The van der Waals surface area contributed by atoms with Gasteiger partial charge in [-0.1, -0.05) is 12.1 Å². The first-order valence-corrected chi connectivity index (χ1v) is 10.3. The Hall–Kier alpha value is -1.55. The lowest BCUT2D eigenvalue weighted by Crippen LogP contribution is -2.40. The van der Waals surface area contributed by atoms with Gasteiger partial charge in [0.25, 0.3) is 0 Å². The molecule has 0 spiro atoms. The van der Waals surface area contributed by atoms with Crippen molar-refractivity contribution in [3.8, 4) is 5.75 Å². The van der Waals surface area contributed by atoms with Crippen molar-refractivity contribution >= 4 is 47.0 Å². The van der Waals surface area contributed by atoms with E-state index in [-0.39, 0.29) is 24.0 Å². The van der Waals surface area contributed by atoms with Gasteiger partial charge in [-0.15, -0.1) is 35.3 Å². The molecule has 28 heavy (non-hydrogen) atoms. The lowest BCUT2D eigenvalue weighted by molar-refractivity contribution is 0.414. The maximum Gasteiger partial charge on any atom is 0.191 e. The molecule has 0 aliphatic carbocycles. The number of rotatable bonds is 7. The fourth-order valence-electron chi connectivity index (χ4n) is 3.31. The molecule has 1 aliphatic heterocycles. The van der Waals surface area contributed by atoms with Gasteiger partial charge in [0.1, 0.15) is 10.8 Å². The third kappa shape index (κ3) is 6.23. The Morgan fingerprint density at radius 3 is 2.89 bits per heavy atom. The van der Waals surface area contributed by atoms with Crippen LogP contribution in [-0.2, 0) is 6.54 Å². The number of benzene rings is 1. The molecule has 1 aromatic carbocycles. The first kappa shape index (κ1) is 22.7. The standard InChI is InChI=1S/C20H29N5OS.HI/c1-4-21-20(24-13-19-22-11-15(2)27-19)23-12-16-9-10-25(14-16)17-7-5-6-8-18(17)26-3;/h5-8,11,16H,4,9-10,12-14H2,1-3H3,(H2,21,23,24);1H. The molecule has 2 aromatic rings. The minimum Gasteiger partial charge on any atom is -0.495 e. The second-order valence-corrected chi connectivity index (χ2v) is 8.03. The van der Waals surface area contributed by atoms with Crippen molar-refractivity contribution < 1.29 is 4.74 Å². The van der Waals surface area contributed by atoms with E-state index in [9.17, 15) is 0 Å². The van der Waals surface area contributed by atoms with Crippen molar-refractivity contribution in [3.05, 3.63) is 40.3 Å². The molecule has 1 aliphatic rings. The summed E-state index contributed by atoms with van der Waals surface area (Å²) < 4.78 is 5.51. The minimum absolute atomic E-state index is 0. The Balaban J connectivity index is 0.00000280. The number of nitrogens with one attached hydrogen (secondary N) is 2. The number of thiazole rings is 1. The first-order valence-electron chi connectivity index (χ1n) is 9.51. The van der Waals surface area contributed by atoms with Crippen molar-refractivity contribution in [1.82, 2.24) is 15.6 Å². The molecule has 0 radical (unpaired) electrons.